The zero-order valence-electron chi connectivity index (χ0n) is 13.9. The van der Waals surface area contributed by atoms with E-state index >= 15 is 0 Å². The van der Waals surface area contributed by atoms with Crippen molar-refractivity contribution in [2.75, 3.05) is 18.4 Å². The molecule has 1 N–H and O–H groups in total. The molecular weight excluding hydrogens is 316 g/mol. The Kier molecular flexibility index (Phi) is 3.72. The third kappa shape index (κ3) is 2.87. The van der Waals surface area contributed by atoms with Crippen LogP contribution < -0.4 is 5.32 Å². The van der Waals surface area contributed by atoms with E-state index in [1.165, 1.54) is 6.92 Å². The molecular formula is C19H18N4O2. The number of fused-ring (bicyclic) bond motifs is 1. The molecule has 0 spiro atoms. The van der Waals surface area contributed by atoms with Gasteiger partial charge in [-0.15, -0.1) is 0 Å². The normalized spacial score (nSPS) is 13.6. The van der Waals surface area contributed by atoms with Gasteiger partial charge in [-0.2, -0.15) is 5.10 Å². The molecule has 1 aliphatic rings. The summed E-state index contributed by atoms with van der Waals surface area (Å²) in [6.45, 7) is 3.15. The first-order valence-electron chi connectivity index (χ1n) is 8.27. The summed E-state index contributed by atoms with van der Waals surface area (Å²) in [5, 5.41) is 7.05. The van der Waals surface area contributed by atoms with Gasteiger partial charge in [-0.05, 0) is 30.2 Å². The molecule has 1 saturated heterocycles. The number of likely N-dealkylation sites (tertiary alicyclic amines) is 1. The lowest BCUT2D eigenvalue weighted by atomic mass is 10.0. The van der Waals surface area contributed by atoms with Crippen molar-refractivity contribution in [3.8, 4) is 11.1 Å². The Hall–Kier alpha value is -3.15. The van der Waals surface area contributed by atoms with Gasteiger partial charge in [0.25, 0.3) is 5.91 Å². The molecule has 0 unspecified atom stereocenters. The summed E-state index contributed by atoms with van der Waals surface area (Å²) in [5.74, 6) is 0.455. The van der Waals surface area contributed by atoms with Crippen molar-refractivity contribution in [2.24, 2.45) is 0 Å². The van der Waals surface area contributed by atoms with Gasteiger partial charge < -0.3 is 10.2 Å². The van der Waals surface area contributed by atoms with Crippen molar-refractivity contribution in [3.05, 3.63) is 54.2 Å². The molecule has 0 saturated carbocycles. The SMILES string of the molecule is CC(=O)Nc1cc2c(-c3ccc(C(=O)N4CCC4)cc3)cccn2n1. The molecule has 3 heterocycles. The van der Waals surface area contributed by atoms with Crippen LogP contribution >= 0.6 is 0 Å². The number of aromatic nitrogens is 2. The fourth-order valence-corrected chi connectivity index (χ4v) is 3.00. The fourth-order valence-electron chi connectivity index (χ4n) is 3.00. The van der Waals surface area contributed by atoms with Gasteiger partial charge in [-0.1, -0.05) is 18.2 Å². The first kappa shape index (κ1) is 15.4. The molecule has 1 fully saturated rings. The molecule has 126 valence electrons. The molecule has 0 aliphatic carbocycles. The Morgan fingerprint density at radius 1 is 1.12 bits per heavy atom. The molecule has 1 aliphatic heterocycles. The monoisotopic (exact) mass is 334 g/mol. The van der Waals surface area contributed by atoms with E-state index in [1.807, 2.05) is 53.6 Å². The smallest absolute Gasteiger partial charge is 0.253 e. The van der Waals surface area contributed by atoms with Gasteiger partial charge in [0.1, 0.15) is 0 Å². The average molecular weight is 334 g/mol. The number of nitrogens with one attached hydrogen (secondary N) is 1. The maximum Gasteiger partial charge on any atom is 0.253 e. The summed E-state index contributed by atoms with van der Waals surface area (Å²) >= 11 is 0. The second-order valence-electron chi connectivity index (χ2n) is 6.19. The van der Waals surface area contributed by atoms with Crippen molar-refractivity contribution in [2.45, 2.75) is 13.3 Å². The number of hydrogen-bond acceptors (Lipinski definition) is 3. The van der Waals surface area contributed by atoms with Crippen LogP contribution in [0, 0.1) is 0 Å². The molecule has 0 atom stereocenters. The lowest BCUT2D eigenvalue weighted by Gasteiger charge is -2.30. The van der Waals surface area contributed by atoms with Crippen molar-refractivity contribution in [1.29, 1.82) is 0 Å². The molecule has 4 rings (SSSR count). The van der Waals surface area contributed by atoms with Gasteiger partial charge in [0.15, 0.2) is 5.82 Å². The minimum Gasteiger partial charge on any atom is -0.339 e. The van der Waals surface area contributed by atoms with Crippen LogP contribution in [0.1, 0.15) is 23.7 Å². The van der Waals surface area contributed by atoms with Gasteiger partial charge in [0.05, 0.1) is 5.52 Å². The van der Waals surface area contributed by atoms with Gasteiger partial charge in [0, 0.05) is 43.4 Å². The van der Waals surface area contributed by atoms with Crippen molar-refractivity contribution in [3.63, 3.8) is 0 Å². The standard InChI is InChI=1S/C19H18N4O2/c1-13(24)20-18-12-17-16(4-2-11-23(17)21-18)14-5-7-15(8-6-14)19(25)22-9-3-10-22/h2,4-8,11-12H,3,9-10H2,1H3,(H,20,21,24). The van der Waals surface area contributed by atoms with Crippen LogP contribution in [0.5, 0.6) is 0 Å². The van der Waals surface area contributed by atoms with Gasteiger partial charge in [0.2, 0.25) is 5.91 Å². The molecule has 6 nitrogen and oxygen atoms in total. The van der Waals surface area contributed by atoms with Crippen molar-refractivity contribution >= 4 is 23.1 Å². The van der Waals surface area contributed by atoms with Crippen LogP contribution in [0.4, 0.5) is 5.82 Å². The number of benzene rings is 1. The lowest BCUT2D eigenvalue weighted by Crippen LogP contribution is -2.41. The third-order valence-electron chi connectivity index (χ3n) is 4.39. The summed E-state index contributed by atoms with van der Waals surface area (Å²) < 4.78 is 1.74. The van der Waals surface area contributed by atoms with Crippen LogP contribution in [0.3, 0.4) is 0 Å². The van der Waals surface area contributed by atoms with Gasteiger partial charge in [-0.25, -0.2) is 4.52 Å². The zero-order valence-corrected chi connectivity index (χ0v) is 13.9. The zero-order chi connectivity index (χ0) is 17.4. The largest absolute Gasteiger partial charge is 0.339 e. The predicted octanol–water partition coefficient (Wildman–Crippen LogP) is 2.81. The highest BCUT2D eigenvalue weighted by atomic mass is 16.2. The number of anilines is 1. The number of hydrogen-bond donors (Lipinski definition) is 1. The van der Waals surface area contributed by atoms with E-state index < -0.39 is 0 Å². The number of nitrogens with zero attached hydrogens (tertiary/aromatic N) is 3. The topological polar surface area (TPSA) is 66.7 Å². The van der Waals surface area contributed by atoms with E-state index in [1.54, 1.807) is 4.52 Å². The van der Waals surface area contributed by atoms with Crippen LogP contribution in [-0.4, -0.2) is 39.4 Å². The maximum absolute atomic E-state index is 12.3. The van der Waals surface area contributed by atoms with Crippen LogP contribution in [0.2, 0.25) is 0 Å². The summed E-state index contributed by atoms with van der Waals surface area (Å²) in [6.07, 6.45) is 2.93. The number of rotatable bonds is 3. The van der Waals surface area contributed by atoms with E-state index in [-0.39, 0.29) is 11.8 Å². The van der Waals surface area contributed by atoms with Crippen LogP contribution in [-0.2, 0) is 4.79 Å². The molecule has 0 bridgehead atoms. The first-order valence-corrected chi connectivity index (χ1v) is 8.27. The number of pyridine rings is 1. The Bertz CT molecular complexity index is 955. The number of amides is 2. The summed E-state index contributed by atoms with van der Waals surface area (Å²) in [6, 6.07) is 13.4. The molecule has 3 aromatic rings. The van der Waals surface area contributed by atoms with Crippen molar-refractivity contribution in [1.82, 2.24) is 14.5 Å². The van der Waals surface area contributed by atoms with Crippen LogP contribution in [0.25, 0.3) is 16.6 Å². The minimum absolute atomic E-state index is 0.0910. The first-order chi connectivity index (χ1) is 12.1. The van der Waals surface area contributed by atoms with E-state index in [2.05, 4.69) is 10.4 Å². The molecule has 25 heavy (non-hydrogen) atoms. The molecule has 0 radical (unpaired) electrons. The molecule has 6 heteroatoms. The summed E-state index contributed by atoms with van der Waals surface area (Å²) in [4.78, 5) is 25.4. The quantitative estimate of drug-likeness (QED) is 0.801. The Morgan fingerprint density at radius 3 is 2.52 bits per heavy atom. The van der Waals surface area contributed by atoms with Gasteiger partial charge >= 0.3 is 0 Å². The number of carbonyl (C=O) groups excluding carboxylic acids is 2. The molecule has 2 aromatic heterocycles. The van der Waals surface area contributed by atoms with E-state index in [4.69, 9.17) is 0 Å². The predicted molar refractivity (Wildman–Crippen MR) is 95.5 cm³/mol. The highest BCUT2D eigenvalue weighted by molar-refractivity contribution is 5.95. The summed E-state index contributed by atoms with van der Waals surface area (Å²) in [7, 11) is 0. The Balaban J connectivity index is 1.67. The van der Waals surface area contributed by atoms with E-state index in [0.29, 0.717) is 11.4 Å². The molecule has 2 amide bonds. The summed E-state index contributed by atoms with van der Waals surface area (Å²) in [5.41, 5.74) is 3.60. The van der Waals surface area contributed by atoms with Crippen LogP contribution in [0.15, 0.2) is 48.7 Å². The second-order valence-corrected chi connectivity index (χ2v) is 6.19. The average Bonchev–Trinajstić information content (AvgIpc) is 2.94. The molecule has 1 aromatic carbocycles. The second kappa shape index (κ2) is 6.05. The van der Waals surface area contributed by atoms with Gasteiger partial charge in [-0.3, -0.25) is 9.59 Å². The highest BCUT2D eigenvalue weighted by Gasteiger charge is 2.21. The van der Waals surface area contributed by atoms with E-state index in [9.17, 15) is 9.59 Å². The lowest BCUT2D eigenvalue weighted by molar-refractivity contribution is -0.114. The Labute approximate surface area is 145 Å². The third-order valence-corrected chi connectivity index (χ3v) is 4.39. The number of carbonyl (C=O) groups is 2. The highest BCUT2D eigenvalue weighted by Crippen LogP contribution is 2.27. The Morgan fingerprint density at radius 2 is 1.88 bits per heavy atom. The van der Waals surface area contributed by atoms with E-state index in [0.717, 1.165) is 36.2 Å². The van der Waals surface area contributed by atoms with Crippen molar-refractivity contribution < 1.29 is 9.59 Å². The minimum atomic E-state index is -0.154. The fraction of sp³-hybridized carbons (Fsp3) is 0.211. The maximum atomic E-state index is 12.3.